The van der Waals surface area contributed by atoms with Crippen LogP contribution in [0.25, 0.3) is 0 Å². The van der Waals surface area contributed by atoms with Gasteiger partial charge in [0.1, 0.15) is 5.75 Å². The summed E-state index contributed by atoms with van der Waals surface area (Å²) in [5.41, 5.74) is -1.26. The highest BCUT2D eigenvalue weighted by atomic mass is 16.6. The van der Waals surface area contributed by atoms with Crippen molar-refractivity contribution in [2.24, 2.45) is 0 Å². The Morgan fingerprint density at radius 2 is 1.71 bits per heavy atom. The van der Waals surface area contributed by atoms with Gasteiger partial charge in [0.2, 0.25) is 0 Å². The van der Waals surface area contributed by atoms with Gasteiger partial charge in [-0.3, -0.25) is 10.1 Å². The van der Waals surface area contributed by atoms with Crippen LogP contribution in [0, 0.1) is 10.1 Å². The van der Waals surface area contributed by atoms with E-state index in [0.717, 1.165) is 12.1 Å². The summed E-state index contributed by atoms with van der Waals surface area (Å²) in [5.74, 6) is -0.0892. The minimum Gasteiger partial charge on any atom is -0.497 e. The van der Waals surface area contributed by atoms with Crippen LogP contribution in [0.4, 0.5) is 5.69 Å². The van der Waals surface area contributed by atoms with E-state index in [1.807, 2.05) is 0 Å². The number of ether oxygens (including phenoxy) is 1. The van der Waals surface area contributed by atoms with E-state index in [4.69, 9.17) is 24.8 Å². The molecule has 1 rings (SSSR count). The van der Waals surface area contributed by atoms with Crippen LogP contribution in [0.15, 0.2) is 12.1 Å². The van der Waals surface area contributed by atoms with Gasteiger partial charge in [-0.1, -0.05) is 0 Å². The van der Waals surface area contributed by atoms with Crippen molar-refractivity contribution in [3.8, 4) is 5.75 Å². The zero-order valence-electron chi connectivity index (χ0n) is 8.77. The normalized spacial score (nSPS) is 9.94. The summed E-state index contributed by atoms with van der Waals surface area (Å²) in [6.07, 6.45) is 0. The molecule has 4 N–H and O–H groups in total. The van der Waals surface area contributed by atoms with Crippen LogP contribution in [0.2, 0.25) is 0 Å². The van der Waals surface area contributed by atoms with Gasteiger partial charge in [-0.2, -0.15) is 0 Å². The summed E-state index contributed by atoms with van der Waals surface area (Å²) < 4.78 is 4.77. The monoisotopic (exact) mass is 241 g/mol. The summed E-state index contributed by atoms with van der Waals surface area (Å²) >= 11 is 0. The Morgan fingerprint density at radius 1 is 1.18 bits per heavy atom. The van der Waals surface area contributed by atoms with E-state index in [2.05, 4.69) is 0 Å². The van der Waals surface area contributed by atoms with Crippen molar-refractivity contribution in [1.82, 2.24) is 0 Å². The summed E-state index contributed by atoms with van der Waals surface area (Å²) in [4.78, 5) is 9.82. The summed E-state index contributed by atoms with van der Waals surface area (Å²) in [6, 6.07) is 1.79. The highest BCUT2D eigenvalue weighted by molar-refractivity contribution is 6.63. The lowest BCUT2D eigenvalue weighted by atomic mass is 9.73. The SMILES string of the molecule is COc1cc(B(O)O)c([N+](=O)[O-])cc1B(O)O. The van der Waals surface area contributed by atoms with E-state index in [-0.39, 0.29) is 11.2 Å². The average Bonchev–Trinajstić information content (AvgIpc) is 2.26. The number of hydrogen-bond donors (Lipinski definition) is 4. The number of nitrogens with zero attached hydrogens (tertiary/aromatic N) is 1. The molecule has 0 spiro atoms. The molecule has 1 aromatic carbocycles. The third-order valence-electron chi connectivity index (χ3n) is 2.13. The lowest BCUT2D eigenvalue weighted by Crippen LogP contribution is -2.38. The quantitative estimate of drug-likeness (QED) is 0.250. The molecule has 0 saturated heterocycles. The van der Waals surface area contributed by atoms with Gasteiger partial charge in [-0.15, -0.1) is 0 Å². The predicted molar refractivity (Wildman–Crippen MR) is 59.3 cm³/mol. The Bertz CT molecular complexity index is 436. The Labute approximate surface area is 96.5 Å². The third kappa shape index (κ3) is 2.74. The first-order valence-electron chi connectivity index (χ1n) is 4.47. The van der Waals surface area contributed by atoms with Gasteiger partial charge in [0.25, 0.3) is 5.69 Å². The second-order valence-electron chi connectivity index (χ2n) is 3.16. The molecule has 90 valence electrons. The van der Waals surface area contributed by atoms with Crippen molar-refractivity contribution in [2.75, 3.05) is 7.11 Å². The van der Waals surface area contributed by atoms with Crippen LogP contribution in [0.5, 0.6) is 5.75 Å². The number of rotatable bonds is 4. The lowest BCUT2D eigenvalue weighted by molar-refractivity contribution is -0.383. The number of benzene rings is 1. The number of hydrogen-bond acceptors (Lipinski definition) is 7. The van der Waals surface area contributed by atoms with Gasteiger partial charge in [0.05, 0.1) is 17.5 Å². The largest absolute Gasteiger partial charge is 0.497 e. The summed E-state index contributed by atoms with van der Waals surface area (Å²) in [5, 5.41) is 46.6. The van der Waals surface area contributed by atoms with Crippen molar-refractivity contribution < 1.29 is 29.8 Å². The molecule has 0 fully saturated rings. The molecular weight excluding hydrogens is 232 g/mol. The van der Waals surface area contributed by atoms with Crippen LogP contribution in [-0.4, -0.2) is 46.4 Å². The summed E-state index contributed by atoms with van der Waals surface area (Å²) in [6.45, 7) is 0. The fourth-order valence-corrected chi connectivity index (χ4v) is 1.34. The van der Waals surface area contributed by atoms with Crippen LogP contribution in [0.3, 0.4) is 0 Å². The molecule has 0 radical (unpaired) electrons. The Morgan fingerprint density at radius 3 is 2.06 bits per heavy atom. The van der Waals surface area contributed by atoms with E-state index >= 15 is 0 Å². The van der Waals surface area contributed by atoms with Gasteiger partial charge < -0.3 is 24.8 Å². The topological polar surface area (TPSA) is 133 Å². The highest BCUT2D eigenvalue weighted by Crippen LogP contribution is 2.14. The molecule has 0 atom stereocenters. The predicted octanol–water partition coefficient (Wildman–Crippen LogP) is -3.04. The maximum absolute atomic E-state index is 10.7. The smallest absolute Gasteiger partial charge is 0.495 e. The van der Waals surface area contributed by atoms with Gasteiger partial charge in [0, 0.05) is 11.5 Å². The number of methoxy groups -OCH3 is 1. The molecule has 0 saturated carbocycles. The molecule has 10 heteroatoms. The first-order chi connectivity index (χ1) is 7.88. The molecule has 0 aliphatic rings. The van der Waals surface area contributed by atoms with Gasteiger partial charge in [-0.25, -0.2) is 0 Å². The summed E-state index contributed by atoms with van der Waals surface area (Å²) in [7, 11) is -2.82. The molecule has 0 aromatic heterocycles. The van der Waals surface area contributed by atoms with Crippen LogP contribution in [0.1, 0.15) is 0 Å². The van der Waals surface area contributed by atoms with Crippen molar-refractivity contribution in [1.29, 1.82) is 0 Å². The van der Waals surface area contributed by atoms with Crippen molar-refractivity contribution in [3.05, 3.63) is 22.2 Å². The minimum absolute atomic E-state index is 0.0892. The molecule has 0 unspecified atom stereocenters. The van der Waals surface area contributed by atoms with Crippen molar-refractivity contribution >= 4 is 30.8 Å². The van der Waals surface area contributed by atoms with Crippen LogP contribution in [-0.2, 0) is 0 Å². The third-order valence-corrected chi connectivity index (χ3v) is 2.13. The van der Waals surface area contributed by atoms with Crippen LogP contribution < -0.4 is 15.7 Å². The molecule has 0 heterocycles. The molecule has 0 aliphatic carbocycles. The molecule has 0 bridgehead atoms. The van der Waals surface area contributed by atoms with Gasteiger partial charge in [0.15, 0.2) is 0 Å². The zero-order chi connectivity index (χ0) is 13.2. The first kappa shape index (κ1) is 13.5. The van der Waals surface area contributed by atoms with Gasteiger partial charge in [-0.05, 0) is 6.07 Å². The van der Waals surface area contributed by atoms with Gasteiger partial charge >= 0.3 is 14.2 Å². The van der Waals surface area contributed by atoms with Crippen molar-refractivity contribution in [3.63, 3.8) is 0 Å². The Hall–Kier alpha value is -1.61. The second-order valence-corrected chi connectivity index (χ2v) is 3.16. The molecule has 17 heavy (non-hydrogen) atoms. The standard InChI is InChI=1S/C7H9B2NO7/c1-17-7-3-4(8(11)12)6(10(15)16)2-5(7)9(13)14/h2-3,11-14H,1H3. The van der Waals surface area contributed by atoms with E-state index in [9.17, 15) is 10.1 Å². The minimum atomic E-state index is -2.06. The fraction of sp³-hybridized carbons (Fsp3) is 0.143. The Kier molecular flexibility index (Phi) is 4.07. The molecule has 0 aliphatic heterocycles. The van der Waals surface area contributed by atoms with Crippen LogP contribution >= 0.6 is 0 Å². The van der Waals surface area contributed by atoms with E-state index in [1.54, 1.807) is 0 Å². The molecule has 1 aromatic rings. The molecular formula is C7H9B2NO7. The maximum atomic E-state index is 10.7. The number of nitro groups is 1. The van der Waals surface area contributed by atoms with Crippen molar-refractivity contribution in [2.45, 2.75) is 0 Å². The fourth-order valence-electron chi connectivity index (χ4n) is 1.34. The highest BCUT2D eigenvalue weighted by Gasteiger charge is 2.29. The number of nitro benzene ring substituents is 1. The second kappa shape index (κ2) is 5.15. The van der Waals surface area contributed by atoms with E-state index in [0.29, 0.717) is 0 Å². The first-order valence-corrected chi connectivity index (χ1v) is 4.47. The van der Waals surface area contributed by atoms with E-state index in [1.165, 1.54) is 7.11 Å². The molecule has 8 nitrogen and oxygen atoms in total. The van der Waals surface area contributed by atoms with E-state index < -0.39 is 30.3 Å². The molecule has 0 amide bonds. The maximum Gasteiger partial charge on any atom is 0.495 e. The Balaban J connectivity index is 3.48. The lowest BCUT2D eigenvalue weighted by Gasteiger charge is -2.10. The average molecular weight is 241 g/mol. The zero-order valence-corrected chi connectivity index (χ0v) is 8.77.